The van der Waals surface area contributed by atoms with Crippen molar-refractivity contribution in [2.75, 3.05) is 5.32 Å². The Balaban J connectivity index is 1.54. The summed E-state index contributed by atoms with van der Waals surface area (Å²) in [6, 6.07) is 23.7. The molecule has 0 aliphatic rings. The summed E-state index contributed by atoms with van der Waals surface area (Å²) in [5.41, 5.74) is 1.39. The number of rotatable bonds is 8. The minimum absolute atomic E-state index is 0.0295. The minimum Gasteiger partial charge on any atom is -0.457 e. The van der Waals surface area contributed by atoms with Crippen LogP contribution < -0.4 is 14.8 Å². The molecule has 0 saturated heterocycles. The summed E-state index contributed by atoms with van der Waals surface area (Å²) < 4.78 is 11.4. The van der Waals surface area contributed by atoms with Crippen molar-refractivity contribution >= 4 is 17.2 Å². The van der Waals surface area contributed by atoms with E-state index in [0.717, 1.165) is 12.0 Å². The number of hydrogen-bond donors (Lipinski definition) is 1. The van der Waals surface area contributed by atoms with Crippen molar-refractivity contribution in [3.05, 3.63) is 101 Å². The van der Waals surface area contributed by atoms with Crippen LogP contribution in [0.1, 0.15) is 12.5 Å². The van der Waals surface area contributed by atoms with Gasteiger partial charge < -0.3 is 14.8 Å². The molecule has 4 aromatic rings. The zero-order valence-corrected chi connectivity index (χ0v) is 17.3. The average Bonchev–Trinajstić information content (AvgIpc) is 2.81. The van der Waals surface area contributed by atoms with E-state index < -0.39 is 4.92 Å². The topological polar surface area (TPSA) is 99.4 Å². The summed E-state index contributed by atoms with van der Waals surface area (Å²) in [5.74, 6) is 1.70. The number of nitrogens with one attached hydrogen (secondary N) is 1. The molecule has 0 saturated carbocycles. The van der Waals surface area contributed by atoms with E-state index >= 15 is 0 Å². The van der Waals surface area contributed by atoms with Crippen molar-refractivity contribution in [2.45, 2.75) is 13.3 Å². The summed E-state index contributed by atoms with van der Waals surface area (Å²) >= 11 is 0. The van der Waals surface area contributed by atoms with E-state index in [-0.39, 0.29) is 17.4 Å². The van der Waals surface area contributed by atoms with Crippen LogP contribution in [0, 0.1) is 10.1 Å². The molecule has 1 heterocycles. The summed E-state index contributed by atoms with van der Waals surface area (Å²) in [6.45, 7) is 2.05. The number of nitrogens with zero attached hydrogens (tertiary/aromatic N) is 3. The number of aromatic nitrogens is 2. The minimum atomic E-state index is -0.565. The molecule has 0 bridgehead atoms. The fraction of sp³-hybridized carbons (Fsp3) is 0.0833. The summed E-state index contributed by atoms with van der Waals surface area (Å²) in [4.78, 5) is 19.2. The lowest BCUT2D eigenvalue weighted by atomic mass is 10.2. The molecule has 1 aromatic heterocycles. The molecule has 0 atom stereocenters. The zero-order chi connectivity index (χ0) is 22.3. The van der Waals surface area contributed by atoms with Gasteiger partial charge in [-0.05, 0) is 60.5 Å². The molecule has 8 heteroatoms. The predicted octanol–water partition coefficient (Wildman–Crippen LogP) is 6.28. The second-order valence-corrected chi connectivity index (χ2v) is 6.80. The first-order valence-electron chi connectivity index (χ1n) is 9.98. The number of para-hydroxylation sites is 1. The highest BCUT2D eigenvalue weighted by Crippen LogP contribution is 2.35. The van der Waals surface area contributed by atoms with Gasteiger partial charge in [-0.15, -0.1) is 0 Å². The quantitative estimate of drug-likeness (QED) is 0.260. The Morgan fingerprint density at radius 3 is 2.12 bits per heavy atom. The van der Waals surface area contributed by atoms with Gasteiger partial charge in [-0.25, -0.2) is 4.98 Å². The summed E-state index contributed by atoms with van der Waals surface area (Å²) in [5, 5.41) is 14.7. The van der Waals surface area contributed by atoms with E-state index in [9.17, 15) is 10.1 Å². The van der Waals surface area contributed by atoms with Gasteiger partial charge in [-0.2, -0.15) is 4.98 Å². The molecule has 0 aliphatic carbocycles. The fourth-order valence-electron chi connectivity index (χ4n) is 2.97. The van der Waals surface area contributed by atoms with Crippen LogP contribution >= 0.6 is 0 Å². The predicted molar refractivity (Wildman–Crippen MR) is 121 cm³/mol. The maximum absolute atomic E-state index is 11.8. The molecule has 32 heavy (non-hydrogen) atoms. The number of aryl methyl sites for hydroxylation is 1. The van der Waals surface area contributed by atoms with E-state index in [1.165, 1.54) is 6.33 Å². The third-order valence-electron chi connectivity index (χ3n) is 4.61. The Morgan fingerprint density at radius 2 is 1.47 bits per heavy atom. The van der Waals surface area contributed by atoms with Crippen molar-refractivity contribution in [2.24, 2.45) is 0 Å². The molecule has 1 N–H and O–H groups in total. The molecule has 0 fully saturated rings. The second kappa shape index (κ2) is 9.57. The molecule has 0 aliphatic heterocycles. The van der Waals surface area contributed by atoms with Crippen LogP contribution in [0.3, 0.4) is 0 Å². The Morgan fingerprint density at radius 1 is 0.844 bits per heavy atom. The summed E-state index contributed by atoms with van der Waals surface area (Å²) in [6.07, 6.45) is 2.11. The van der Waals surface area contributed by atoms with Gasteiger partial charge in [0, 0.05) is 5.69 Å². The number of ether oxygens (including phenoxy) is 2. The Bertz CT molecular complexity index is 1200. The van der Waals surface area contributed by atoms with E-state index in [4.69, 9.17) is 9.47 Å². The van der Waals surface area contributed by atoms with Crippen molar-refractivity contribution in [3.8, 4) is 23.1 Å². The van der Waals surface area contributed by atoms with Gasteiger partial charge in [0.1, 0.15) is 23.6 Å². The molecule has 160 valence electrons. The van der Waals surface area contributed by atoms with Gasteiger partial charge in [-0.1, -0.05) is 37.3 Å². The molecule has 3 aromatic carbocycles. The van der Waals surface area contributed by atoms with E-state index in [1.807, 2.05) is 49.4 Å². The Hall–Kier alpha value is -4.46. The molecule has 0 spiro atoms. The molecule has 8 nitrogen and oxygen atoms in total. The normalized spacial score (nSPS) is 10.4. The number of hydrogen-bond acceptors (Lipinski definition) is 7. The van der Waals surface area contributed by atoms with Crippen LogP contribution in [0.4, 0.5) is 17.2 Å². The molecular weight excluding hydrogens is 408 g/mol. The van der Waals surface area contributed by atoms with E-state index in [1.54, 1.807) is 36.4 Å². The first-order chi connectivity index (χ1) is 15.6. The highest BCUT2D eigenvalue weighted by Gasteiger charge is 2.25. The lowest BCUT2D eigenvalue weighted by Gasteiger charge is -2.10. The van der Waals surface area contributed by atoms with Crippen LogP contribution in [0.25, 0.3) is 0 Å². The molecular formula is C24H20N4O4. The van der Waals surface area contributed by atoms with E-state index in [0.29, 0.717) is 22.9 Å². The monoisotopic (exact) mass is 428 g/mol. The molecule has 0 amide bonds. The zero-order valence-electron chi connectivity index (χ0n) is 17.3. The lowest BCUT2D eigenvalue weighted by Crippen LogP contribution is -2.03. The van der Waals surface area contributed by atoms with Gasteiger partial charge >= 0.3 is 11.6 Å². The smallest absolute Gasteiger partial charge is 0.373 e. The fourth-order valence-corrected chi connectivity index (χ4v) is 2.97. The number of nitro groups is 1. The highest BCUT2D eigenvalue weighted by atomic mass is 16.6. The number of anilines is 2. The van der Waals surface area contributed by atoms with Crippen molar-refractivity contribution in [1.29, 1.82) is 0 Å². The molecule has 4 rings (SSSR count). The number of benzene rings is 3. The Labute approximate surface area is 184 Å². The van der Waals surface area contributed by atoms with Gasteiger partial charge in [0.2, 0.25) is 5.82 Å². The summed E-state index contributed by atoms with van der Waals surface area (Å²) in [7, 11) is 0. The Kier molecular flexibility index (Phi) is 6.22. The van der Waals surface area contributed by atoms with Gasteiger partial charge in [-0.3, -0.25) is 10.1 Å². The highest BCUT2D eigenvalue weighted by molar-refractivity contribution is 5.69. The molecule has 0 unspecified atom stereocenters. The van der Waals surface area contributed by atoms with Crippen LogP contribution in [-0.2, 0) is 6.42 Å². The third kappa shape index (κ3) is 4.99. The average molecular weight is 428 g/mol. The van der Waals surface area contributed by atoms with Crippen molar-refractivity contribution in [3.63, 3.8) is 0 Å². The van der Waals surface area contributed by atoms with Gasteiger partial charge in [0.25, 0.3) is 0 Å². The van der Waals surface area contributed by atoms with Crippen LogP contribution in [0.5, 0.6) is 23.1 Å². The maximum Gasteiger partial charge on any atom is 0.373 e. The van der Waals surface area contributed by atoms with Crippen molar-refractivity contribution < 1.29 is 14.4 Å². The van der Waals surface area contributed by atoms with Gasteiger partial charge in [0.05, 0.1) is 4.92 Å². The van der Waals surface area contributed by atoms with Gasteiger partial charge in [0.15, 0.2) is 0 Å². The van der Waals surface area contributed by atoms with Crippen LogP contribution in [0.15, 0.2) is 85.2 Å². The van der Waals surface area contributed by atoms with Crippen molar-refractivity contribution in [1.82, 2.24) is 9.97 Å². The van der Waals surface area contributed by atoms with Crippen LogP contribution in [-0.4, -0.2) is 14.9 Å². The lowest BCUT2D eigenvalue weighted by molar-refractivity contribution is -0.385. The second-order valence-electron chi connectivity index (χ2n) is 6.80. The third-order valence-corrected chi connectivity index (χ3v) is 4.61. The molecule has 0 radical (unpaired) electrons. The first kappa shape index (κ1) is 20.8. The van der Waals surface area contributed by atoms with E-state index in [2.05, 4.69) is 15.3 Å². The SMILES string of the molecule is CCc1ccc(Oc2ncnc(Nc3ccc(Oc4ccccc4)cc3)c2[N+](=O)[O-])cc1. The van der Waals surface area contributed by atoms with Crippen LogP contribution in [0.2, 0.25) is 0 Å². The standard InChI is InChI=1S/C24H20N4O4/c1-2-17-8-12-21(13-9-17)32-24-22(28(29)30)23(25-16-26-24)27-18-10-14-20(15-11-18)31-19-6-4-3-5-7-19/h3-16H,2H2,1H3,(H,25,26,27). The largest absolute Gasteiger partial charge is 0.457 e. The maximum atomic E-state index is 11.8. The first-order valence-corrected chi connectivity index (χ1v) is 9.98.